The average Bonchev–Trinajstić information content (AvgIpc) is 3.71. The van der Waals surface area contributed by atoms with Crippen molar-refractivity contribution in [1.82, 2.24) is 24.8 Å². The number of fused-ring (bicyclic) bond motifs is 2. The van der Waals surface area contributed by atoms with E-state index in [1.807, 2.05) is 20.8 Å². The molecule has 10 nitrogen and oxygen atoms in total. The van der Waals surface area contributed by atoms with Gasteiger partial charge in [0.05, 0.1) is 40.8 Å². The molecule has 52 heavy (non-hydrogen) atoms. The maximum Gasteiger partial charge on any atom is 0.418 e. The number of rotatable bonds is 7. The number of halogens is 7. The summed E-state index contributed by atoms with van der Waals surface area (Å²) in [7, 11) is 1.22. The fourth-order valence-corrected chi connectivity index (χ4v) is 7.01. The minimum absolute atomic E-state index is 0.0342. The van der Waals surface area contributed by atoms with Crippen molar-refractivity contribution in [2.45, 2.75) is 77.0 Å². The van der Waals surface area contributed by atoms with Gasteiger partial charge in [-0.15, -0.1) is 0 Å². The van der Waals surface area contributed by atoms with Crippen molar-refractivity contribution in [3.05, 3.63) is 28.3 Å². The van der Waals surface area contributed by atoms with Crippen molar-refractivity contribution >= 4 is 52.5 Å². The highest BCUT2D eigenvalue weighted by molar-refractivity contribution is 7.81. The van der Waals surface area contributed by atoms with Crippen LogP contribution in [0, 0.1) is 11.6 Å². The minimum Gasteiger partial charge on any atom is -0.477 e. The molecule has 0 radical (unpaired) electrons. The molecule has 0 bridgehead atoms. The Labute approximate surface area is 309 Å². The van der Waals surface area contributed by atoms with Crippen LogP contribution in [0.4, 0.5) is 37.8 Å². The number of anilines is 2. The van der Waals surface area contributed by atoms with Gasteiger partial charge >= 0.3 is 12.2 Å². The molecule has 1 amide bonds. The van der Waals surface area contributed by atoms with Gasteiger partial charge in [-0.25, -0.2) is 18.2 Å². The van der Waals surface area contributed by atoms with Crippen molar-refractivity contribution < 1.29 is 40.6 Å². The maximum atomic E-state index is 16.2. The Morgan fingerprint density at radius 3 is 2.35 bits per heavy atom. The molecular formula is C34H44ClF6N7O3S. The molecule has 18 heteroatoms. The summed E-state index contributed by atoms with van der Waals surface area (Å²) in [5, 5.41) is -1.46. The van der Waals surface area contributed by atoms with Gasteiger partial charge in [0, 0.05) is 38.8 Å². The van der Waals surface area contributed by atoms with Gasteiger partial charge < -0.3 is 25.0 Å². The molecule has 0 aliphatic carbocycles. The lowest BCUT2D eigenvalue weighted by molar-refractivity contribution is -0.137. The summed E-state index contributed by atoms with van der Waals surface area (Å²) in [5.74, 6) is -3.32. The maximum absolute atomic E-state index is 16.2. The van der Waals surface area contributed by atoms with E-state index in [4.69, 9.17) is 26.8 Å². The Kier molecular flexibility index (Phi) is 14.0. The third-order valence-electron chi connectivity index (χ3n) is 8.96. The summed E-state index contributed by atoms with van der Waals surface area (Å²) in [5.41, 5.74) is 0.307. The first-order valence-electron chi connectivity index (χ1n) is 17.2. The van der Waals surface area contributed by atoms with Crippen LogP contribution in [0.3, 0.4) is 0 Å². The number of nitrogens with two attached hydrogens (primary N) is 1. The standard InChI is InChI=1S/C25H26ClF5N6O3S.C7H12FN.C2H6/c1-4-13(41)23(38)37-8-6-36(7-9-37)21-15-20(34-24(35-21)39-3)18(28)19(33-22(15)40-5-2)14-16(25(29,30)31)11(26)10-12(32)17(14)27;8-6-4-7-2-1-3-9(7)5-6;1-2/h10,13,41H,4-9,32H2,1-3H3;6-7H,1-5H2;1-2H3/t13-;6-,7?;/m01./s1. The van der Waals surface area contributed by atoms with Crippen molar-refractivity contribution in [2.75, 3.05) is 63.6 Å². The van der Waals surface area contributed by atoms with Crippen LogP contribution in [0.5, 0.6) is 11.9 Å². The van der Waals surface area contributed by atoms with Gasteiger partial charge in [0.1, 0.15) is 28.6 Å². The smallest absolute Gasteiger partial charge is 0.418 e. The zero-order valence-electron chi connectivity index (χ0n) is 29.7. The topological polar surface area (TPSA) is 110 Å². The third-order valence-corrected chi connectivity index (χ3v) is 9.85. The molecule has 3 aromatic rings. The lowest BCUT2D eigenvalue weighted by atomic mass is 10.00. The van der Waals surface area contributed by atoms with Crippen LogP contribution in [-0.4, -0.2) is 101 Å². The van der Waals surface area contributed by atoms with E-state index in [0.717, 1.165) is 13.0 Å². The van der Waals surface area contributed by atoms with Crippen molar-refractivity contribution in [1.29, 1.82) is 0 Å². The van der Waals surface area contributed by atoms with Gasteiger partial charge in [0.2, 0.25) is 11.8 Å². The molecule has 6 rings (SSSR count). The number of pyridine rings is 1. The highest BCUT2D eigenvalue weighted by Gasteiger charge is 2.41. The SMILES string of the molecule is CC.CCOc1nc(-c2c(F)c(N)cc(Cl)c2C(F)(F)F)c(F)c2nc(OC)nc(N3CCN(C(=O)[C@@H](S)CC)CC3)c12.F[C@@H]1CC2CCCN2C1. The number of amides is 1. The molecule has 3 saturated heterocycles. The van der Waals surface area contributed by atoms with Gasteiger partial charge in [-0.1, -0.05) is 32.4 Å². The zero-order valence-corrected chi connectivity index (χ0v) is 31.3. The number of alkyl halides is 4. The first-order valence-corrected chi connectivity index (χ1v) is 18.1. The van der Waals surface area contributed by atoms with Crippen LogP contribution in [0.1, 0.15) is 58.9 Å². The number of benzene rings is 1. The number of nitrogens with zero attached hydrogens (tertiary/aromatic N) is 6. The molecule has 2 N–H and O–H groups in total. The quantitative estimate of drug-likeness (QED) is 0.146. The molecule has 3 aliphatic rings. The summed E-state index contributed by atoms with van der Waals surface area (Å²) in [6, 6.07) is 0.892. The number of hydrogen-bond donors (Lipinski definition) is 2. The zero-order chi connectivity index (χ0) is 38.5. The van der Waals surface area contributed by atoms with E-state index < -0.39 is 62.3 Å². The van der Waals surface area contributed by atoms with Gasteiger partial charge in [0.25, 0.3) is 0 Å². The summed E-state index contributed by atoms with van der Waals surface area (Å²) in [6.07, 6.45) is -1.82. The fourth-order valence-electron chi connectivity index (χ4n) is 6.53. The predicted octanol–water partition coefficient (Wildman–Crippen LogP) is 7.21. The van der Waals surface area contributed by atoms with Crippen LogP contribution in [0.25, 0.3) is 22.2 Å². The van der Waals surface area contributed by atoms with E-state index in [0.29, 0.717) is 38.2 Å². The summed E-state index contributed by atoms with van der Waals surface area (Å²) in [6.45, 7) is 10.4. The number of carbonyl (C=O) groups is 1. The summed E-state index contributed by atoms with van der Waals surface area (Å²) < 4.78 is 96.9. The van der Waals surface area contributed by atoms with Crippen molar-refractivity contribution in [2.24, 2.45) is 0 Å². The third kappa shape index (κ3) is 8.67. The Morgan fingerprint density at radius 1 is 1.10 bits per heavy atom. The molecule has 3 atom stereocenters. The summed E-state index contributed by atoms with van der Waals surface area (Å²) >= 11 is 10.1. The van der Waals surface area contributed by atoms with Crippen molar-refractivity contribution in [3.63, 3.8) is 0 Å². The second-order valence-electron chi connectivity index (χ2n) is 12.1. The van der Waals surface area contributed by atoms with Gasteiger partial charge in [-0.2, -0.15) is 35.8 Å². The van der Waals surface area contributed by atoms with Crippen LogP contribution >= 0.6 is 24.2 Å². The highest BCUT2D eigenvalue weighted by Crippen LogP contribution is 2.47. The summed E-state index contributed by atoms with van der Waals surface area (Å²) in [4.78, 5) is 30.6. The predicted molar refractivity (Wildman–Crippen MR) is 192 cm³/mol. The minimum atomic E-state index is -5.19. The van der Waals surface area contributed by atoms with Crippen LogP contribution in [0.2, 0.25) is 5.02 Å². The molecule has 5 heterocycles. The molecule has 3 aliphatic heterocycles. The fraction of sp³-hybridized carbons (Fsp3) is 0.588. The Bertz CT molecular complexity index is 1720. The Balaban J connectivity index is 0.000000468. The van der Waals surface area contributed by atoms with E-state index in [2.05, 4.69) is 32.5 Å². The highest BCUT2D eigenvalue weighted by atomic mass is 35.5. The molecule has 0 spiro atoms. The molecule has 288 valence electrons. The van der Waals surface area contributed by atoms with E-state index >= 15 is 8.78 Å². The number of nitrogen functional groups attached to an aromatic ring is 1. The number of hydrogen-bond acceptors (Lipinski definition) is 10. The van der Waals surface area contributed by atoms with E-state index in [9.17, 15) is 22.4 Å². The van der Waals surface area contributed by atoms with E-state index in [1.54, 1.807) is 16.7 Å². The molecule has 2 aromatic heterocycles. The van der Waals surface area contributed by atoms with Gasteiger partial charge in [-0.3, -0.25) is 9.69 Å². The first kappa shape index (κ1) is 41.3. The molecule has 0 saturated carbocycles. The lowest BCUT2D eigenvalue weighted by Crippen LogP contribution is -2.51. The van der Waals surface area contributed by atoms with Gasteiger partial charge in [-0.05, 0) is 45.2 Å². The van der Waals surface area contributed by atoms with Gasteiger partial charge in [0.15, 0.2) is 11.6 Å². The number of thiol groups is 1. The molecule has 1 unspecified atom stereocenters. The number of methoxy groups -OCH3 is 1. The second kappa shape index (κ2) is 17.6. The van der Waals surface area contributed by atoms with E-state index in [1.165, 1.54) is 20.0 Å². The lowest BCUT2D eigenvalue weighted by Gasteiger charge is -2.36. The average molecular weight is 780 g/mol. The largest absolute Gasteiger partial charge is 0.477 e. The normalized spacial score (nSPS) is 19.4. The monoisotopic (exact) mass is 779 g/mol. The first-order chi connectivity index (χ1) is 24.7. The van der Waals surface area contributed by atoms with Crippen LogP contribution in [-0.2, 0) is 11.0 Å². The Morgan fingerprint density at radius 2 is 1.77 bits per heavy atom. The number of ether oxygens (including phenoxy) is 2. The number of aromatic nitrogens is 3. The van der Waals surface area contributed by atoms with Crippen molar-refractivity contribution in [3.8, 4) is 23.1 Å². The molecule has 3 fully saturated rings. The van der Waals surface area contributed by atoms with Crippen LogP contribution < -0.4 is 20.1 Å². The van der Waals surface area contributed by atoms with Crippen LogP contribution in [0.15, 0.2) is 6.07 Å². The number of piperazine rings is 1. The molecule has 1 aromatic carbocycles. The van der Waals surface area contributed by atoms with E-state index in [-0.39, 0.29) is 48.7 Å². The Hall–Kier alpha value is -3.44. The molecular weight excluding hydrogens is 736 g/mol. The second-order valence-corrected chi connectivity index (χ2v) is 13.2. The number of carbonyl (C=O) groups excluding carboxylic acids is 1.